The second-order valence-corrected chi connectivity index (χ2v) is 7.73. The maximum Gasteiger partial charge on any atom is 0.416 e. The predicted molar refractivity (Wildman–Crippen MR) is 109 cm³/mol. The van der Waals surface area contributed by atoms with Crippen molar-refractivity contribution in [3.63, 3.8) is 0 Å². The summed E-state index contributed by atoms with van der Waals surface area (Å²) in [6.07, 6.45) is -4.05. The second-order valence-electron chi connectivity index (χ2n) is 7.73. The van der Waals surface area contributed by atoms with Gasteiger partial charge in [0.2, 0.25) is 5.91 Å². The van der Waals surface area contributed by atoms with Gasteiger partial charge in [0.1, 0.15) is 5.75 Å². The van der Waals surface area contributed by atoms with Gasteiger partial charge in [0, 0.05) is 39.1 Å². The van der Waals surface area contributed by atoms with E-state index in [1.54, 1.807) is 7.11 Å². The van der Waals surface area contributed by atoms with Crippen LogP contribution in [0.2, 0.25) is 0 Å². The number of carbonyl (C=O) groups excluding carboxylic acids is 1. The summed E-state index contributed by atoms with van der Waals surface area (Å²) in [5.74, 6) is 0.750. The Balaban J connectivity index is 1.47. The van der Waals surface area contributed by atoms with Crippen molar-refractivity contribution in [1.29, 1.82) is 0 Å². The number of methoxy groups -OCH3 is 1. The van der Waals surface area contributed by atoms with E-state index in [-0.39, 0.29) is 11.8 Å². The summed E-state index contributed by atoms with van der Waals surface area (Å²) >= 11 is 0. The molecule has 1 aliphatic rings. The van der Waals surface area contributed by atoms with Crippen LogP contribution in [-0.2, 0) is 17.5 Å². The Hall–Kier alpha value is -2.54. The lowest BCUT2D eigenvalue weighted by Crippen LogP contribution is -2.48. The quantitative estimate of drug-likeness (QED) is 0.687. The molecule has 1 unspecified atom stereocenters. The van der Waals surface area contributed by atoms with Gasteiger partial charge in [0.05, 0.1) is 12.7 Å². The number of hydrogen-bond acceptors (Lipinski definition) is 3. The Bertz CT molecular complexity index is 827. The summed E-state index contributed by atoms with van der Waals surface area (Å²) in [6.45, 7) is 5.62. The van der Waals surface area contributed by atoms with Crippen molar-refractivity contribution >= 4 is 5.91 Å². The number of amides is 1. The van der Waals surface area contributed by atoms with Crippen LogP contribution in [0.1, 0.15) is 36.0 Å². The molecule has 0 aliphatic carbocycles. The maximum absolute atomic E-state index is 12.7. The lowest BCUT2D eigenvalue weighted by molar-refractivity contribution is -0.137. The zero-order valence-electron chi connectivity index (χ0n) is 17.3. The Morgan fingerprint density at radius 3 is 2.13 bits per heavy atom. The van der Waals surface area contributed by atoms with Crippen molar-refractivity contribution in [2.24, 2.45) is 0 Å². The van der Waals surface area contributed by atoms with Gasteiger partial charge in [-0.3, -0.25) is 9.69 Å². The molecule has 162 valence electrons. The molecule has 0 radical (unpaired) electrons. The molecule has 7 heteroatoms. The molecular formula is C23H27F3N2O2. The molecule has 0 spiro atoms. The van der Waals surface area contributed by atoms with Gasteiger partial charge in [-0.15, -0.1) is 0 Å². The molecular weight excluding hydrogens is 393 g/mol. The molecule has 1 fully saturated rings. The fourth-order valence-corrected chi connectivity index (χ4v) is 3.65. The maximum atomic E-state index is 12.7. The van der Waals surface area contributed by atoms with E-state index in [2.05, 4.69) is 4.90 Å². The molecule has 0 aromatic heterocycles. The predicted octanol–water partition coefficient (Wildman–Crippen LogP) is 4.55. The van der Waals surface area contributed by atoms with Gasteiger partial charge in [0.25, 0.3) is 0 Å². The zero-order chi connectivity index (χ0) is 21.7. The average Bonchev–Trinajstić information content (AvgIpc) is 2.74. The van der Waals surface area contributed by atoms with E-state index in [9.17, 15) is 18.0 Å². The van der Waals surface area contributed by atoms with Crippen LogP contribution in [0.5, 0.6) is 5.75 Å². The van der Waals surface area contributed by atoms with Crippen molar-refractivity contribution in [3.8, 4) is 5.75 Å². The number of nitrogens with zero attached hydrogens (tertiary/aromatic N) is 2. The van der Waals surface area contributed by atoms with Gasteiger partial charge in [-0.1, -0.05) is 31.2 Å². The second kappa shape index (κ2) is 9.51. The summed E-state index contributed by atoms with van der Waals surface area (Å²) in [5.41, 5.74) is 1.28. The molecule has 0 bridgehead atoms. The van der Waals surface area contributed by atoms with E-state index in [1.165, 1.54) is 17.7 Å². The summed E-state index contributed by atoms with van der Waals surface area (Å²) in [7, 11) is 1.64. The van der Waals surface area contributed by atoms with E-state index in [4.69, 9.17) is 4.74 Å². The van der Waals surface area contributed by atoms with Crippen LogP contribution in [0.4, 0.5) is 13.2 Å². The normalized spacial score (nSPS) is 16.4. The molecule has 0 saturated carbocycles. The van der Waals surface area contributed by atoms with Crippen molar-refractivity contribution in [2.45, 2.75) is 32.0 Å². The first kappa shape index (κ1) is 22.2. The molecule has 2 aromatic rings. The largest absolute Gasteiger partial charge is 0.497 e. The van der Waals surface area contributed by atoms with Gasteiger partial charge in [-0.25, -0.2) is 0 Å². The van der Waals surface area contributed by atoms with Crippen LogP contribution >= 0.6 is 0 Å². The van der Waals surface area contributed by atoms with E-state index in [0.29, 0.717) is 19.5 Å². The number of alkyl halides is 3. The minimum atomic E-state index is -4.34. The highest BCUT2D eigenvalue weighted by Gasteiger charge is 2.30. The first-order valence-corrected chi connectivity index (χ1v) is 10.1. The highest BCUT2D eigenvalue weighted by molar-refractivity contribution is 5.77. The number of benzene rings is 2. The summed E-state index contributed by atoms with van der Waals surface area (Å²) in [4.78, 5) is 16.8. The summed E-state index contributed by atoms with van der Waals surface area (Å²) in [6, 6.07) is 13.1. The van der Waals surface area contributed by atoms with Crippen molar-refractivity contribution in [2.75, 3.05) is 33.3 Å². The smallest absolute Gasteiger partial charge is 0.416 e. The van der Waals surface area contributed by atoms with E-state index < -0.39 is 11.7 Å². The summed E-state index contributed by atoms with van der Waals surface area (Å²) < 4.78 is 43.3. The third-order valence-corrected chi connectivity index (χ3v) is 5.58. The molecule has 4 nitrogen and oxygen atoms in total. The molecule has 1 saturated heterocycles. The zero-order valence-corrected chi connectivity index (χ0v) is 17.3. The highest BCUT2D eigenvalue weighted by atomic mass is 19.4. The fourth-order valence-electron chi connectivity index (χ4n) is 3.65. The van der Waals surface area contributed by atoms with Crippen LogP contribution in [0, 0.1) is 0 Å². The SMILES string of the molecule is COc1ccc(CN2CCN(C(=O)CC(C)c3ccc(C(F)(F)F)cc3)CC2)cc1. The molecule has 0 N–H and O–H groups in total. The highest BCUT2D eigenvalue weighted by Crippen LogP contribution is 2.30. The number of piperazine rings is 1. The molecule has 3 rings (SSSR count). The summed E-state index contributed by atoms with van der Waals surface area (Å²) in [5, 5.41) is 0. The van der Waals surface area contributed by atoms with Crippen molar-refractivity contribution < 1.29 is 22.7 Å². The Morgan fingerprint density at radius 2 is 1.60 bits per heavy atom. The average molecular weight is 420 g/mol. The van der Waals surface area contributed by atoms with Gasteiger partial charge in [-0.2, -0.15) is 13.2 Å². The molecule has 1 heterocycles. The third kappa shape index (κ3) is 5.75. The van der Waals surface area contributed by atoms with E-state index in [0.717, 1.165) is 43.1 Å². The van der Waals surface area contributed by atoms with Gasteiger partial charge in [0.15, 0.2) is 0 Å². The topological polar surface area (TPSA) is 32.8 Å². The third-order valence-electron chi connectivity index (χ3n) is 5.58. The minimum absolute atomic E-state index is 0.0477. The number of rotatable bonds is 6. The molecule has 1 aliphatic heterocycles. The molecule has 30 heavy (non-hydrogen) atoms. The number of carbonyl (C=O) groups is 1. The van der Waals surface area contributed by atoms with Crippen LogP contribution in [-0.4, -0.2) is 49.0 Å². The lowest BCUT2D eigenvalue weighted by Gasteiger charge is -2.35. The molecule has 1 amide bonds. The number of ether oxygens (including phenoxy) is 1. The van der Waals surface area contributed by atoms with Crippen LogP contribution in [0.15, 0.2) is 48.5 Å². The minimum Gasteiger partial charge on any atom is -0.497 e. The van der Waals surface area contributed by atoms with Crippen molar-refractivity contribution in [1.82, 2.24) is 9.80 Å². The van der Waals surface area contributed by atoms with E-state index >= 15 is 0 Å². The van der Waals surface area contributed by atoms with Gasteiger partial charge in [-0.05, 0) is 41.3 Å². The first-order valence-electron chi connectivity index (χ1n) is 10.1. The fraction of sp³-hybridized carbons (Fsp3) is 0.435. The standard InChI is InChI=1S/C23H27F3N2O2/c1-17(19-5-7-20(8-6-19)23(24,25)26)15-22(29)28-13-11-27(12-14-28)16-18-3-9-21(30-2)10-4-18/h3-10,17H,11-16H2,1-2H3. The Labute approximate surface area is 175 Å². The Morgan fingerprint density at radius 1 is 1.00 bits per heavy atom. The lowest BCUT2D eigenvalue weighted by atomic mass is 9.96. The first-order chi connectivity index (χ1) is 14.3. The van der Waals surface area contributed by atoms with Crippen LogP contribution < -0.4 is 4.74 Å². The number of halogens is 3. The van der Waals surface area contributed by atoms with Gasteiger partial charge >= 0.3 is 6.18 Å². The van der Waals surface area contributed by atoms with Gasteiger partial charge < -0.3 is 9.64 Å². The monoisotopic (exact) mass is 420 g/mol. The Kier molecular flexibility index (Phi) is 7.02. The van der Waals surface area contributed by atoms with Crippen LogP contribution in [0.25, 0.3) is 0 Å². The van der Waals surface area contributed by atoms with Crippen molar-refractivity contribution in [3.05, 3.63) is 65.2 Å². The molecule has 2 aromatic carbocycles. The molecule has 1 atom stereocenters. The van der Waals surface area contributed by atoms with E-state index in [1.807, 2.05) is 36.1 Å². The number of hydrogen-bond donors (Lipinski definition) is 0. The van der Waals surface area contributed by atoms with Crippen LogP contribution in [0.3, 0.4) is 0 Å².